The Hall–Kier alpha value is -0.680. The summed E-state index contributed by atoms with van der Waals surface area (Å²) < 4.78 is 27.3. The number of benzene rings is 1. The molecule has 1 aromatic carbocycles. The van der Waals surface area contributed by atoms with E-state index in [0.717, 1.165) is 39.0 Å². The minimum Gasteiger partial charge on any atom is -0.314 e. The van der Waals surface area contributed by atoms with E-state index in [2.05, 4.69) is 16.8 Å². The first-order valence-electron chi connectivity index (χ1n) is 6.73. The van der Waals surface area contributed by atoms with Crippen molar-refractivity contribution < 1.29 is 8.78 Å². The summed E-state index contributed by atoms with van der Waals surface area (Å²) in [6, 6.07) is 3.64. The van der Waals surface area contributed by atoms with Crippen LogP contribution < -0.4 is 5.32 Å². The van der Waals surface area contributed by atoms with Gasteiger partial charge in [-0.1, -0.05) is 6.08 Å². The Balaban J connectivity index is 0.00000200. The standard InChI is InChI=1S/C15H20F2N2.2ClH/c1-2-3-4-15(19-9-7-18-8-10-19)13-11-12(16)5-6-14(13)17;;/h2,5-6,11,15,18H,1,3-4,7-10H2;2*1H/t15-;;/m1../s1. The largest absolute Gasteiger partial charge is 0.314 e. The molecule has 0 radical (unpaired) electrons. The van der Waals surface area contributed by atoms with Gasteiger partial charge in [0.1, 0.15) is 11.6 Å². The Morgan fingerprint density at radius 2 is 1.90 bits per heavy atom. The second kappa shape index (κ2) is 10.1. The SMILES string of the molecule is C=CCC[C@H](c1cc(F)ccc1F)N1CCNCC1.Cl.Cl. The van der Waals surface area contributed by atoms with Crippen molar-refractivity contribution in [2.75, 3.05) is 26.2 Å². The molecule has 2 rings (SSSR count). The van der Waals surface area contributed by atoms with Crippen LogP contribution in [0.15, 0.2) is 30.9 Å². The molecule has 1 atom stereocenters. The molecule has 1 fully saturated rings. The normalized spacial score (nSPS) is 16.5. The maximum Gasteiger partial charge on any atom is 0.128 e. The highest BCUT2D eigenvalue weighted by Crippen LogP contribution is 2.28. The van der Waals surface area contributed by atoms with E-state index in [4.69, 9.17) is 0 Å². The zero-order chi connectivity index (χ0) is 13.7. The maximum absolute atomic E-state index is 14.0. The molecule has 0 aromatic heterocycles. The molecule has 0 unspecified atom stereocenters. The molecule has 6 heteroatoms. The Labute approximate surface area is 137 Å². The lowest BCUT2D eigenvalue weighted by molar-refractivity contribution is 0.162. The van der Waals surface area contributed by atoms with Gasteiger partial charge in [0.25, 0.3) is 0 Å². The average Bonchev–Trinajstić information content (AvgIpc) is 2.44. The number of nitrogens with zero attached hydrogens (tertiary/aromatic N) is 1. The summed E-state index contributed by atoms with van der Waals surface area (Å²) in [6.07, 6.45) is 3.39. The smallest absolute Gasteiger partial charge is 0.128 e. The molecule has 1 aliphatic rings. The third-order valence-corrected chi connectivity index (χ3v) is 3.55. The van der Waals surface area contributed by atoms with Gasteiger partial charge in [-0.3, -0.25) is 4.90 Å². The summed E-state index contributed by atoms with van der Waals surface area (Å²) in [4.78, 5) is 2.22. The van der Waals surface area contributed by atoms with Gasteiger partial charge in [-0.2, -0.15) is 0 Å². The number of hydrogen-bond donors (Lipinski definition) is 1. The Bertz CT molecular complexity index is 438. The van der Waals surface area contributed by atoms with Crippen molar-refractivity contribution in [2.45, 2.75) is 18.9 Å². The zero-order valence-electron chi connectivity index (χ0n) is 11.9. The van der Waals surface area contributed by atoms with Gasteiger partial charge in [0.2, 0.25) is 0 Å². The molecular formula is C15H22Cl2F2N2. The van der Waals surface area contributed by atoms with Crippen LogP contribution in [-0.2, 0) is 0 Å². The molecule has 2 nitrogen and oxygen atoms in total. The van der Waals surface area contributed by atoms with E-state index in [1.54, 1.807) is 0 Å². The van der Waals surface area contributed by atoms with E-state index < -0.39 is 0 Å². The van der Waals surface area contributed by atoms with Gasteiger partial charge >= 0.3 is 0 Å². The maximum atomic E-state index is 14.0. The molecule has 0 aliphatic carbocycles. The fourth-order valence-corrected chi connectivity index (χ4v) is 2.57. The minimum absolute atomic E-state index is 0. The average molecular weight is 339 g/mol. The fourth-order valence-electron chi connectivity index (χ4n) is 2.57. The molecule has 1 N–H and O–H groups in total. The first-order chi connectivity index (χ1) is 9.22. The number of rotatable bonds is 5. The predicted octanol–water partition coefficient (Wildman–Crippen LogP) is 3.72. The van der Waals surface area contributed by atoms with Crippen LogP contribution in [0.2, 0.25) is 0 Å². The van der Waals surface area contributed by atoms with Crippen LogP contribution in [0.1, 0.15) is 24.4 Å². The summed E-state index contributed by atoms with van der Waals surface area (Å²) in [7, 11) is 0. The number of nitrogens with one attached hydrogen (secondary N) is 1. The van der Waals surface area contributed by atoms with Gasteiger partial charge in [-0.05, 0) is 31.0 Å². The third kappa shape index (κ3) is 5.55. The monoisotopic (exact) mass is 338 g/mol. The highest BCUT2D eigenvalue weighted by atomic mass is 35.5. The zero-order valence-corrected chi connectivity index (χ0v) is 13.5. The summed E-state index contributed by atoms with van der Waals surface area (Å²) in [6.45, 7) is 7.21. The Morgan fingerprint density at radius 1 is 1.24 bits per heavy atom. The van der Waals surface area contributed by atoms with E-state index in [1.165, 1.54) is 18.2 Å². The van der Waals surface area contributed by atoms with Gasteiger partial charge in [0.05, 0.1) is 0 Å². The van der Waals surface area contributed by atoms with Crippen molar-refractivity contribution in [2.24, 2.45) is 0 Å². The summed E-state index contributed by atoms with van der Waals surface area (Å²) >= 11 is 0. The minimum atomic E-state index is -0.380. The number of piperazine rings is 1. The van der Waals surface area contributed by atoms with E-state index in [1.807, 2.05) is 6.08 Å². The molecule has 21 heavy (non-hydrogen) atoms. The van der Waals surface area contributed by atoms with Gasteiger partial charge < -0.3 is 5.32 Å². The van der Waals surface area contributed by atoms with Crippen LogP contribution in [0.4, 0.5) is 8.78 Å². The van der Waals surface area contributed by atoms with Crippen LogP contribution in [-0.4, -0.2) is 31.1 Å². The lowest BCUT2D eigenvalue weighted by Gasteiger charge is -2.35. The highest BCUT2D eigenvalue weighted by Gasteiger charge is 2.24. The number of allylic oxidation sites excluding steroid dienone is 1. The van der Waals surface area contributed by atoms with Gasteiger partial charge in [0.15, 0.2) is 0 Å². The summed E-state index contributed by atoms with van der Waals surface area (Å²) in [5.74, 6) is -0.705. The molecule has 1 aliphatic heterocycles. The molecule has 1 saturated heterocycles. The molecule has 120 valence electrons. The predicted molar refractivity (Wildman–Crippen MR) is 87.5 cm³/mol. The van der Waals surface area contributed by atoms with Crippen LogP contribution in [0.3, 0.4) is 0 Å². The molecule has 0 amide bonds. The Kier molecular flexibility index (Phi) is 9.79. The molecule has 1 aromatic rings. The molecule has 0 saturated carbocycles. The highest BCUT2D eigenvalue weighted by molar-refractivity contribution is 5.85. The van der Waals surface area contributed by atoms with Crippen molar-refractivity contribution in [1.29, 1.82) is 0 Å². The van der Waals surface area contributed by atoms with Crippen molar-refractivity contribution in [3.8, 4) is 0 Å². The number of halogens is 4. The third-order valence-electron chi connectivity index (χ3n) is 3.55. The van der Waals surface area contributed by atoms with Crippen molar-refractivity contribution in [1.82, 2.24) is 10.2 Å². The molecular weight excluding hydrogens is 317 g/mol. The van der Waals surface area contributed by atoms with E-state index in [9.17, 15) is 8.78 Å². The second-order valence-corrected chi connectivity index (χ2v) is 4.83. The molecule has 0 spiro atoms. The van der Waals surface area contributed by atoms with Crippen LogP contribution in [0.5, 0.6) is 0 Å². The first kappa shape index (κ1) is 20.3. The van der Waals surface area contributed by atoms with Crippen molar-refractivity contribution in [3.05, 3.63) is 48.1 Å². The number of hydrogen-bond acceptors (Lipinski definition) is 2. The quantitative estimate of drug-likeness (QED) is 0.823. The summed E-state index contributed by atoms with van der Waals surface area (Å²) in [5.41, 5.74) is 0.462. The van der Waals surface area contributed by atoms with Crippen LogP contribution in [0, 0.1) is 11.6 Å². The van der Waals surface area contributed by atoms with E-state index >= 15 is 0 Å². The van der Waals surface area contributed by atoms with Gasteiger partial charge in [-0.25, -0.2) is 8.78 Å². The van der Waals surface area contributed by atoms with Gasteiger partial charge in [-0.15, -0.1) is 31.4 Å². The van der Waals surface area contributed by atoms with Crippen LogP contribution in [0.25, 0.3) is 0 Å². The lowest BCUT2D eigenvalue weighted by atomic mass is 9.98. The first-order valence-corrected chi connectivity index (χ1v) is 6.73. The van der Waals surface area contributed by atoms with E-state index in [0.29, 0.717) is 5.56 Å². The Morgan fingerprint density at radius 3 is 2.52 bits per heavy atom. The van der Waals surface area contributed by atoms with Crippen molar-refractivity contribution in [3.63, 3.8) is 0 Å². The van der Waals surface area contributed by atoms with Gasteiger partial charge in [0, 0.05) is 37.8 Å². The second-order valence-electron chi connectivity index (χ2n) is 4.83. The van der Waals surface area contributed by atoms with Crippen LogP contribution >= 0.6 is 24.8 Å². The molecule has 0 bridgehead atoms. The lowest BCUT2D eigenvalue weighted by Crippen LogP contribution is -2.45. The summed E-state index contributed by atoms with van der Waals surface area (Å²) in [5, 5.41) is 3.27. The fraction of sp³-hybridized carbons (Fsp3) is 0.467. The van der Waals surface area contributed by atoms with Crippen molar-refractivity contribution >= 4 is 24.8 Å². The topological polar surface area (TPSA) is 15.3 Å². The molecule has 1 heterocycles. The van der Waals surface area contributed by atoms with E-state index in [-0.39, 0.29) is 42.5 Å².